The van der Waals surface area contributed by atoms with Gasteiger partial charge in [-0.1, -0.05) is 46.3 Å². The number of hydrogen-bond donors (Lipinski definition) is 0. The number of methoxy groups -OCH3 is 1. The van der Waals surface area contributed by atoms with Gasteiger partial charge in [-0.3, -0.25) is 0 Å². The summed E-state index contributed by atoms with van der Waals surface area (Å²) in [6, 6.07) is 16.6. The zero-order valence-electron chi connectivity index (χ0n) is 10.4. The molecule has 98 valence electrons. The monoisotopic (exact) mass is 320 g/mol. The fourth-order valence-corrected chi connectivity index (χ4v) is 1.90. The molecule has 0 heterocycles. The Morgan fingerprint density at radius 3 is 2.26 bits per heavy atom. The molecule has 0 aromatic heterocycles. The fraction of sp³-hybridized carbons (Fsp3) is 0.133. The van der Waals surface area contributed by atoms with E-state index in [1.807, 2.05) is 42.5 Å². The number of halogens is 1. The van der Waals surface area contributed by atoms with Crippen molar-refractivity contribution in [3.8, 4) is 5.75 Å². The van der Waals surface area contributed by atoms with Crippen LogP contribution in [0.2, 0.25) is 0 Å². The summed E-state index contributed by atoms with van der Waals surface area (Å²) in [6.45, 7) is 0. The summed E-state index contributed by atoms with van der Waals surface area (Å²) in [4.78, 5) is 11.8. The van der Waals surface area contributed by atoms with E-state index in [0.717, 1.165) is 10.0 Å². The largest absolute Gasteiger partial charge is 0.474 e. The summed E-state index contributed by atoms with van der Waals surface area (Å²) in [7, 11) is 1.35. The van der Waals surface area contributed by atoms with Gasteiger partial charge in [0.1, 0.15) is 5.75 Å². The summed E-state index contributed by atoms with van der Waals surface area (Å²) in [5.74, 6) is 0.191. The third kappa shape index (κ3) is 3.58. The minimum Gasteiger partial charge on any atom is -0.474 e. The smallest absolute Gasteiger partial charge is 0.351 e. The molecule has 0 aliphatic carbocycles. The van der Waals surface area contributed by atoms with E-state index in [2.05, 4.69) is 15.9 Å². The number of ether oxygens (including phenoxy) is 2. The van der Waals surface area contributed by atoms with Crippen LogP contribution in [0.5, 0.6) is 5.75 Å². The van der Waals surface area contributed by atoms with Gasteiger partial charge in [-0.25, -0.2) is 4.79 Å². The van der Waals surface area contributed by atoms with Crippen LogP contribution < -0.4 is 4.74 Å². The number of carbonyl (C=O) groups excluding carboxylic acids is 1. The van der Waals surface area contributed by atoms with Crippen molar-refractivity contribution in [2.75, 3.05) is 7.11 Å². The molecule has 3 nitrogen and oxygen atoms in total. The van der Waals surface area contributed by atoms with Crippen molar-refractivity contribution in [2.45, 2.75) is 6.10 Å². The topological polar surface area (TPSA) is 35.5 Å². The molecule has 0 aliphatic heterocycles. The van der Waals surface area contributed by atoms with E-state index in [1.54, 1.807) is 12.1 Å². The second-order valence-corrected chi connectivity index (χ2v) is 4.80. The predicted octanol–water partition coefficient (Wildman–Crippen LogP) is 3.74. The van der Waals surface area contributed by atoms with Crippen LogP contribution in [0.1, 0.15) is 11.7 Å². The average Bonchev–Trinajstić information content (AvgIpc) is 2.47. The Morgan fingerprint density at radius 2 is 1.68 bits per heavy atom. The van der Waals surface area contributed by atoms with E-state index >= 15 is 0 Å². The zero-order valence-corrected chi connectivity index (χ0v) is 12.0. The van der Waals surface area contributed by atoms with Gasteiger partial charge in [-0.15, -0.1) is 0 Å². The first-order chi connectivity index (χ1) is 9.20. The molecule has 0 N–H and O–H groups in total. The number of hydrogen-bond acceptors (Lipinski definition) is 3. The lowest BCUT2D eigenvalue weighted by molar-refractivity contribution is -0.149. The molecule has 0 radical (unpaired) electrons. The quantitative estimate of drug-likeness (QED) is 0.805. The normalized spacial score (nSPS) is 11.7. The predicted molar refractivity (Wildman–Crippen MR) is 76.0 cm³/mol. The Balaban J connectivity index is 2.24. The van der Waals surface area contributed by atoms with Crippen LogP contribution in [0.15, 0.2) is 59.1 Å². The molecular formula is C15H13BrO3. The van der Waals surface area contributed by atoms with Crippen LogP contribution in [0.4, 0.5) is 0 Å². The second kappa shape index (κ2) is 6.38. The molecule has 2 aromatic carbocycles. The maximum Gasteiger partial charge on any atom is 0.351 e. The van der Waals surface area contributed by atoms with E-state index in [9.17, 15) is 4.79 Å². The van der Waals surface area contributed by atoms with E-state index < -0.39 is 12.1 Å². The molecule has 1 unspecified atom stereocenters. The van der Waals surface area contributed by atoms with Crippen molar-refractivity contribution in [1.82, 2.24) is 0 Å². The lowest BCUT2D eigenvalue weighted by Crippen LogP contribution is -2.20. The molecular weight excluding hydrogens is 308 g/mol. The summed E-state index contributed by atoms with van der Waals surface area (Å²) in [5, 5.41) is 0. The number of carbonyl (C=O) groups is 1. The van der Waals surface area contributed by atoms with Crippen molar-refractivity contribution in [1.29, 1.82) is 0 Å². The van der Waals surface area contributed by atoms with Crippen molar-refractivity contribution in [2.24, 2.45) is 0 Å². The van der Waals surface area contributed by atoms with Gasteiger partial charge >= 0.3 is 5.97 Å². The summed E-state index contributed by atoms with van der Waals surface area (Å²) in [5.41, 5.74) is 0.761. The summed E-state index contributed by atoms with van der Waals surface area (Å²) in [6.07, 6.45) is -0.757. The van der Waals surface area contributed by atoms with Gasteiger partial charge in [-0.2, -0.15) is 0 Å². The Bertz CT molecular complexity index is 537. The standard InChI is InChI=1S/C15H13BrO3/c1-18-15(17)14(11-5-3-2-4-6-11)19-13-9-7-12(16)8-10-13/h2-10,14H,1H3. The van der Waals surface area contributed by atoms with Gasteiger partial charge < -0.3 is 9.47 Å². The van der Waals surface area contributed by atoms with Crippen LogP contribution in [0.25, 0.3) is 0 Å². The molecule has 0 aliphatic rings. The van der Waals surface area contributed by atoms with Gasteiger partial charge in [0.05, 0.1) is 7.11 Å². The van der Waals surface area contributed by atoms with Crippen molar-refractivity contribution in [3.63, 3.8) is 0 Å². The van der Waals surface area contributed by atoms with Gasteiger partial charge in [0, 0.05) is 10.0 Å². The lowest BCUT2D eigenvalue weighted by Gasteiger charge is -2.17. The number of esters is 1. The highest BCUT2D eigenvalue weighted by Gasteiger charge is 2.23. The minimum atomic E-state index is -0.757. The molecule has 0 spiro atoms. The molecule has 0 amide bonds. The van der Waals surface area contributed by atoms with Gasteiger partial charge in [-0.05, 0) is 24.3 Å². The number of benzene rings is 2. The second-order valence-electron chi connectivity index (χ2n) is 3.89. The SMILES string of the molecule is COC(=O)C(Oc1ccc(Br)cc1)c1ccccc1. The first-order valence-electron chi connectivity index (χ1n) is 5.75. The highest BCUT2D eigenvalue weighted by molar-refractivity contribution is 9.10. The fourth-order valence-electron chi connectivity index (χ4n) is 1.64. The molecule has 0 saturated heterocycles. The van der Waals surface area contributed by atoms with Crippen LogP contribution in [0.3, 0.4) is 0 Å². The van der Waals surface area contributed by atoms with Crippen LogP contribution in [0, 0.1) is 0 Å². The molecule has 19 heavy (non-hydrogen) atoms. The highest BCUT2D eigenvalue weighted by atomic mass is 79.9. The average molecular weight is 321 g/mol. The van der Waals surface area contributed by atoms with Gasteiger partial charge in [0.25, 0.3) is 0 Å². The highest BCUT2D eigenvalue weighted by Crippen LogP contribution is 2.24. The summed E-state index contributed by atoms with van der Waals surface area (Å²) < 4.78 is 11.5. The van der Waals surface area contributed by atoms with E-state index in [4.69, 9.17) is 9.47 Å². The van der Waals surface area contributed by atoms with Crippen molar-refractivity contribution >= 4 is 21.9 Å². The van der Waals surface area contributed by atoms with Gasteiger partial charge in [0.2, 0.25) is 6.10 Å². The Morgan fingerprint density at radius 1 is 1.05 bits per heavy atom. The molecule has 2 aromatic rings. The van der Waals surface area contributed by atoms with E-state index in [-0.39, 0.29) is 0 Å². The third-order valence-corrected chi connectivity index (χ3v) is 3.11. The maximum atomic E-state index is 11.8. The van der Waals surface area contributed by atoms with Crippen molar-refractivity contribution in [3.05, 3.63) is 64.6 Å². The molecule has 0 saturated carbocycles. The molecule has 0 fully saturated rings. The zero-order chi connectivity index (χ0) is 13.7. The maximum absolute atomic E-state index is 11.8. The lowest BCUT2D eigenvalue weighted by atomic mass is 10.1. The van der Waals surface area contributed by atoms with Gasteiger partial charge in [0.15, 0.2) is 0 Å². The first kappa shape index (κ1) is 13.6. The van der Waals surface area contributed by atoms with E-state index in [0.29, 0.717) is 5.75 Å². The molecule has 1 atom stereocenters. The third-order valence-electron chi connectivity index (χ3n) is 2.59. The first-order valence-corrected chi connectivity index (χ1v) is 6.55. The summed E-state index contributed by atoms with van der Waals surface area (Å²) >= 11 is 3.35. The Hall–Kier alpha value is -1.81. The molecule has 0 bridgehead atoms. The molecule has 4 heteroatoms. The Kier molecular flexibility index (Phi) is 4.58. The Labute approximate surface area is 120 Å². The number of rotatable bonds is 4. The van der Waals surface area contributed by atoms with Crippen LogP contribution in [-0.2, 0) is 9.53 Å². The van der Waals surface area contributed by atoms with Crippen LogP contribution >= 0.6 is 15.9 Å². The van der Waals surface area contributed by atoms with E-state index in [1.165, 1.54) is 7.11 Å². The van der Waals surface area contributed by atoms with Crippen molar-refractivity contribution < 1.29 is 14.3 Å². The molecule has 2 rings (SSSR count). The minimum absolute atomic E-state index is 0.422. The van der Waals surface area contributed by atoms with Crippen LogP contribution in [-0.4, -0.2) is 13.1 Å².